The van der Waals surface area contributed by atoms with Crippen LogP contribution in [0, 0.1) is 0 Å². The van der Waals surface area contributed by atoms with E-state index in [2.05, 4.69) is 40.2 Å². The maximum Gasteiger partial charge on any atom is 0.118 e. The highest BCUT2D eigenvalue weighted by atomic mass is 79.9. The van der Waals surface area contributed by atoms with Crippen molar-refractivity contribution in [2.45, 2.75) is 31.1 Å². The predicted octanol–water partition coefficient (Wildman–Crippen LogP) is 3.90. The number of hydrogen-bond donors (Lipinski definition) is 0. The summed E-state index contributed by atoms with van der Waals surface area (Å²) in [5.41, 5.74) is 1.84. The topological polar surface area (TPSA) is 9.23 Å². The Morgan fingerprint density at radius 1 is 1.20 bits per heavy atom. The fraction of sp³-hybridized carbons (Fsp3) is 0.538. The minimum atomic E-state index is 0.381. The Balaban J connectivity index is 2.26. The molecule has 0 N–H and O–H groups in total. The van der Waals surface area contributed by atoms with Gasteiger partial charge in [-0.1, -0.05) is 40.9 Å². The second kappa shape index (κ2) is 4.56. The van der Waals surface area contributed by atoms with Gasteiger partial charge in [-0.25, -0.2) is 0 Å². The third kappa shape index (κ3) is 2.05. The first-order valence-electron chi connectivity index (χ1n) is 5.51. The van der Waals surface area contributed by atoms with Crippen LogP contribution in [0.25, 0.3) is 0 Å². The van der Waals surface area contributed by atoms with Crippen LogP contribution >= 0.6 is 15.9 Å². The van der Waals surface area contributed by atoms with Gasteiger partial charge in [0.25, 0.3) is 0 Å². The van der Waals surface area contributed by atoms with E-state index in [0.717, 1.165) is 11.1 Å². The van der Waals surface area contributed by atoms with Crippen molar-refractivity contribution in [1.82, 2.24) is 0 Å². The fourth-order valence-corrected chi connectivity index (χ4v) is 3.38. The van der Waals surface area contributed by atoms with Crippen LogP contribution in [0.15, 0.2) is 24.3 Å². The second-order valence-electron chi connectivity index (χ2n) is 4.35. The van der Waals surface area contributed by atoms with Crippen molar-refractivity contribution in [1.29, 1.82) is 0 Å². The molecule has 1 aromatic carbocycles. The molecular weight excluding hydrogens is 252 g/mol. The number of rotatable bonds is 3. The first kappa shape index (κ1) is 11.0. The lowest BCUT2D eigenvalue weighted by Gasteiger charge is -2.27. The van der Waals surface area contributed by atoms with Crippen LogP contribution in [-0.4, -0.2) is 12.4 Å². The minimum absolute atomic E-state index is 0.381. The van der Waals surface area contributed by atoms with Gasteiger partial charge in [-0.3, -0.25) is 0 Å². The molecule has 1 aliphatic carbocycles. The average molecular weight is 269 g/mol. The van der Waals surface area contributed by atoms with Gasteiger partial charge in [0.15, 0.2) is 0 Å². The Labute approximate surface area is 100.0 Å². The molecular formula is C13H17BrO. The average Bonchev–Trinajstić information content (AvgIpc) is 2.79. The summed E-state index contributed by atoms with van der Waals surface area (Å²) in [7, 11) is 1.71. The Hall–Kier alpha value is -0.500. The van der Waals surface area contributed by atoms with Crippen LogP contribution in [-0.2, 0) is 5.41 Å². The lowest BCUT2D eigenvalue weighted by molar-refractivity contribution is 0.413. The molecule has 1 nitrogen and oxygen atoms in total. The summed E-state index contributed by atoms with van der Waals surface area (Å²) in [6.07, 6.45) is 5.34. The van der Waals surface area contributed by atoms with Gasteiger partial charge in [0, 0.05) is 10.7 Å². The molecule has 0 radical (unpaired) electrons. The Morgan fingerprint density at radius 2 is 1.80 bits per heavy atom. The van der Waals surface area contributed by atoms with Crippen molar-refractivity contribution in [3.63, 3.8) is 0 Å². The smallest absolute Gasteiger partial charge is 0.118 e. The standard InChI is InChI=1S/C13H17BrO/c1-15-12-6-4-11(5-7-12)13(10-14)8-2-3-9-13/h4-7H,2-3,8-10H2,1H3. The molecule has 2 heteroatoms. The Bertz CT molecular complexity index is 312. The van der Waals surface area contributed by atoms with E-state index in [4.69, 9.17) is 4.74 Å². The van der Waals surface area contributed by atoms with Crippen molar-refractivity contribution in [3.8, 4) is 5.75 Å². The summed E-state index contributed by atoms with van der Waals surface area (Å²) in [5, 5.41) is 1.08. The molecule has 1 aliphatic rings. The monoisotopic (exact) mass is 268 g/mol. The van der Waals surface area contributed by atoms with E-state index in [0.29, 0.717) is 5.41 Å². The van der Waals surface area contributed by atoms with E-state index in [1.165, 1.54) is 31.2 Å². The third-order valence-electron chi connectivity index (χ3n) is 3.52. The molecule has 0 spiro atoms. The quantitative estimate of drug-likeness (QED) is 0.756. The zero-order chi connectivity index (χ0) is 10.7. The lowest BCUT2D eigenvalue weighted by atomic mass is 9.81. The van der Waals surface area contributed by atoms with Crippen molar-refractivity contribution in [2.24, 2.45) is 0 Å². The summed E-state index contributed by atoms with van der Waals surface area (Å²) >= 11 is 3.67. The molecule has 2 rings (SSSR count). The van der Waals surface area contributed by atoms with E-state index in [1.807, 2.05) is 0 Å². The highest BCUT2D eigenvalue weighted by Crippen LogP contribution is 2.42. The zero-order valence-electron chi connectivity index (χ0n) is 9.13. The molecule has 0 aromatic heterocycles. The van der Waals surface area contributed by atoms with E-state index in [9.17, 15) is 0 Å². The van der Waals surface area contributed by atoms with Gasteiger partial charge in [-0.05, 0) is 30.5 Å². The molecule has 0 unspecified atom stereocenters. The number of ether oxygens (including phenoxy) is 1. The van der Waals surface area contributed by atoms with Crippen LogP contribution in [0.4, 0.5) is 0 Å². The molecule has 0 bridgehead atoms. The molecule has 82 valence electrons. The van der Waals surface area contributed by atoms with E-state index >= 15 is 0 Å². The van der Waals surface area contributed by atoms with Gasteiger partial charge in [-0.15, -0.1) is 0 Å². The normalized spacial score (nSPS) is 19.1. The fourth-order valence-electron chi connectivity index (χ4n) is 2.50. The molecule has 0 aliphatic heterocycles. The number of methoxy groups -OCH3 is 1. The predicted molar refractivity (Wildman–Crippen MR) is 66.9 cm³/mol. The van der Waals surface area contributed by atoms with E-state index < -0.39 is 0 Å². The number of benzene rings is 1. The summed E-state index contributed by atoms with van der Waals surface area (Å²) in [6, 6.07) is 8.56. The van der Waals surface area contributed by atoms with Gasteiger partial charge in [0.05, 0.1) is 7.11 Å². The lowest BCUT2D eigenvalue weighted by Crippen LogP contribution is -2.23. The zero-order valence-corrected chi connectivity index (χ0v) is 10.7. The Kier molecular flexibility index (Phi) is 3.35. The van der Waals surface area contributed by atoms with Crippen molar-refractivity contribution < 1.29 is 4.74 Å². The number of halogens is 1. The van der Waals surface area contributed by atoms with Crippen LogP contribution in [0.5, 0.6) is 5.75 Å². The van der Waals surface area contributed by atoms with Gasteiger partial charge < -0.3 is 4.74 Å². The van der Waals surface area contributed by atoms with Crippen LogP contribution in [0.3, 0.4) is 0 Å². The molecule has 0 heterocycles. The number of hydrogen-bond acceptors (Lipinski definition) is 1. The van der Waals surface area contributed by atoms with Gasteiger partial charge in [-0.2, -0.15) is 0 Å². The molecule has 0 saturated heterocycles. The van der Waals surface area contributed by atoms with Gasteiger partial charge in [0.2, 0.25) is 0 Å². The molecule has 1 fully saturated rings. The molecule has 1 aromatic rings. The largest absolute Gasteiger partial charge is 0.497 e. The first-order valence-corrected chi connectivity index (χ1v) is 6.63. The highest BCUT2D eigenvalue weighted by Gasteiger charge is 2.34. The van der Waals surface area contributed by atoms with Crippen LogP contribution in [0.1, 0.15) is 31.2 Å². The summed E-state index contributed by atoms with van der Waals surface area (Å²) < 4.78 is 5.19. The van der Waals surface area contributed by atoms with Crippen LogP contribution in [0.2, 0.25) is 0 Å². The Morgan fingerprint density at radius 3 is 2.27 bits per heavy atom. The minimum Gasteiger partial charge on any atom is -0.497 e. The first-order chi connectivity index (χ1) is 7.30. The SMILES string of the molecule is COc1ccc(C2(CBr)CCCC2)cc1. The molecule has 15 heavy (non-hydrogen) atoms. The molecule has 0 amide bonds. The maximum atomic E-state index is 5.19. The summed E-state index contributed by atoms with van der Waals surface area (Å²) in [4.78, 5) is 0. The second-order valence-corrected chi connectivity index (χ2v) is 4.91. The van der Waals surface area contributed by atoms with Gasteiger partial charge >= 0.3 is 0 Å². The summed E-state index contributed by atoms with van der Waals surface area (Å²) in [6.45, 7) is 0. The summed E-state index contributed by atoms with van der Waals surface area (Å²) in [5.74, 6) is 0.946. The van der Waals surface area contributed by atoms with E-state index in [-0.39, 0.29) is 0 Å². The third-order valence-corrected chi connectivity index (χ3v) is 4.59. The molecule has 1 saturated carbocycles. The van der Waals surface area contributed by atoms with Crippen molar-refractivity contribution in [2.75, 3.05) is 12.4 Å². The molecule has 0 atom stereocenters. The maximum absolute atomic E-state index is 5.19. The van der Waals surface area contributed by atoms with Gasteiger partial charge in [0.1, 0.15) is 5.75 Å². The van der Waals surface area contributed by atoms with E-state index in [1.54, 1.807) is 7.11 Å². The van der Waals surface area contributed by atoms with Crippen LogP contribution < -0.4 is 4.74 Å². The highest BCUT2D eigenvalue weighted by molar-refractivity contribution is 9.09. The van der Waals surface area contributed by atoms with Crippen molar-refractivity contribution >= 4 is 15.9 Å². The number of alkyl halides is 1. The van der Waals surface area contributed by atoms with Crippen molar-refractivity contribution in [3.05, 3.63) is 29.8 Å².